The van der Waals surface area contributed by atoms with Gasteiger partial charge in [-0.05, 0) is 32.0 Å². The minimum atomic E-state index is 0.643. The Kier molecular flexibility index (Phi) is 4.37. The summed E-state index contributed by atoms with van der Waals surface area (Å²) in [6.07, 6.45) is 0. The number of para-hydroxylation sites is 1. The maximum absolute atomic E-state index is 4.64. The summed E-state index contributed by atoms with van der Waals surface area (Å²) in [7, 11) is 0. The van der Waals surface area contributed by atoms with Gasteiger partial charge in [0.2, 0.25) is 0 Å². The predicted molar refractivity (Wildman–Crippen MR) is 102 cm³/mol. The number of nitrogens with one attached hydrogen (secondary N) is 1. The highest BCUT2D eigenvalue weighted by Crippen LogP contribution is 2.26. The van der Waals surface area contributed by atoms with Crippen LogP contribution in [0.2, 0.25) is 0 Å². The molecule has 0 atom stereocenters. The number of hydrogen-bond donors (Lipinski definition) is 1. The predicted octanol–water partition coefficient (Wildman–Crippen LogP) is 4.23. The normalized spacial score (nSPS) is 11.1. The van der Waals surface area contributed by atoms with Crippen molar-refractivity contribution in [3.63, 3.8) is 0 Å². The van der Waals surface area contributed by atoms with Gasteiger partial charge in [0.25, 0.3) is 5.78 Å². The Hall–Kier alpha value is -2.45. The van der Waals surface area contributed by atoms with Crippen LogP contribution < -0.4 is 5.32 Å². The molecule has 0 unspecified atom stereocenters. The average molecular weight is 368 g/mol. The highest BCUT2D eigenvalue weighted by molar-refractivity contribution is 7.98. The van der Waals surface area contributed by atoms with E-state index in [0.29, 0.717) is 5.78 Å². The lowest BCUT2D eigenvalue weighted by atomic mass is 10.3. The summed E-state index contributed by atoms with van der Waals surface area (Å²) in [5.41, 5.74) is 4.09. The zero-order valence-electron chi connectivity index (χ0n) is 13.8. The molecular formula is C17H16N6S2. The van der Waals surface area contributed by atoms with E-state index in [1.54, 1.807) is 23.1 Å². The van der Waals surface area contributed by atoms with Crippen LogP contribution in [0.15, 0.2) is 46.9 Å². The van der Waals surface area contributed by atoms with Crippen LogP contribution in [-0.2, 0) is 5.75 Å². The highest BCUT2D eigenvalue weighted by Gasteiger charge is 2.11. The lowest BCUT2D eigenvalue weighted by Gasteiger charge is -2.03. The molecule has 0 amide bonds. The van der Waals surface area contributed by atoms with Gasteiger partial charge >= 0.3 is 0 Å². The standard InChI is InChI=1S/C17H16N6S2/c1-11-8-12(2)23-15(18-11)21-22-17(23)25-10-14-9-24-16(20-14)19-13-6-4-3-5-7-13/h3-9H,10H2,1-2H3,(H,19,20). The molecule has 0 spiro atoms. The number of aromatic nitrogens is 5. The number of rotatable bonds is 5. The average Bonchev–Trinajstić information content (AvgIpc) is 3.20. The van der Waals surface area contributed by atoms with Gasteiger partial charge in [0, 0.05) is 28.2 Å². The van der Waals surface area contributed by atoms with E-state index in [9.17, 15) is 0 Å². The molecule has 0 radical (unpaired) electrons. The molecule has 4 aromatic rings. The first-order valence-corrected chi connectivity index (χ1v) is 9.64. The van der Waals surface area contributed by atoms with Gasteiger partial charge in [-0.25, -0.2) is 9.97 Å². The van der Waals surface area contributed by atoms with Gasteiger partial charge in [0.05, 0.1) is 5.69 Å². The molecule has 25 heavy (non-hydrogen) atoms. The molecule has 1 N–H and O–H groups in total. The monoisotopic (exact) mass is 368 g/mol. The molecule has 0 fully saturated rings. The number of nitrogens with zero attached hydrogens (tertiary/aromatic N) is 5. The molecule has 8 heteroatoms. The molecular weight excluding hydrogens is 352 g/mol. The summed E-state index contributed by atoms with van der Waals surface area (Å²) < 4.78 is 1.98. The van der Waals surface area contributed by atoms with Gasteiger partial charge < -0.3 is 5.32 Å². The molecule has 1 aromatic carbocycles. The Bertz CT molecular complexity index is 1010. The summed E-state index contributed by atoms with van der Waals surface area (Å²) in [5, 5.41) is 15.5. The molecule has 3 heterocycles. The van der Waals surface area contributed by atoms with Crippen molar-refractivity contribution in [2.75, 3.05) is 5.32 Å². The van der Waals surface area contributed by atoms with Gasteiger partial charge in [-0.1, -0.05) is 30.0 Å². The Morgan fingerprint density at radius 3 is 2.80 bits per heavy atom. The molecule has 0 aliphatic heterocycles. The first kappa shape index (κ1) is 16.0. The number of thiazole rings is 1. The molecule has 0 bridgehead atoms. The zero-order valence-corrected chi connectivity index (χ0v) is 15.4. The van der Waals surface area contributed by atoms with Crippen LogP contribution in [0, 0.1) is 13.8 Å². The van der Waals surface area contributed by atoms with Gasteiger partial charge in [-0.15, -0.1) is 21.5 Å². The molecule has 0 aliphatic rings. The van der Waals surface area contributed by atoms with Gasteiger partial charge in [0.1, 0.15) is 0 Å². The van der Waals surface area contributed by atoms with E-state index in [-0.39, 0.29) is 0 Å². The zero-order chi connectivity index (χ0) is 17.2. The summed E-state index contributed by atoms with van der Waals surface area (Å²) in [6, 6.07) is 12.1. The fraction of sp³-hybridized carbons (Fsp3) is 0.176. The number of hydrogen-bond acceptors (Lipinski definition) is 7. The Labute approximate surface area is 153 Å². The molecule has 126 valence electrons. The number of anilines is 2. The molecule has 6 nitrogen and oxygen atoms in total. The maximum Gasteiger partial charge on any atom is 0.256 e. The lowest BCUT2D eigenvalue weighted by Crippen LogP contribution is -1.97. The van der Waals surface area contributed by atoms with E-state index >= 15 is 0 Å². The van der Waals surface area contributed by atoms with E-state index in [1.165, 1.54) is 0 Å². The van der Waals surface area contributed by atoms with Crippen LogP contribution in [-0.4, -0.2) is 24.6 Å². The van der Waals surface area contributed by atoms with E-state index in [1.807, 2.05) is 54.6 Å². The maximum atomic E-state index is 4.64. The van der Waals surface area contributed by atoms with Crippen molar-refractivity contribution in [2.24, 2.45) is 0 Å². The van der Waals surface area contributed by atoms with Crippen molar-refractivity contribution in [1.82, 2.24) is 24.6 Å². The van der Waals surface area contributed by atoms with Crippen LogP contribution in [0.4, 0.5) is 10.8 Å². The Morgan fingerprint density at radius 1 is 1.12 bits per heavy atom. The van der Waals surface area contributed by atoms with Crippen LogP contribution in [0.1, 0.15) is 17.1 Å². The van der Waals surface area contributed by atoms with Gasteiger partial charge in [-0.2, -0.15) is 0 Å². The lowest BCUT2D eigenvalue weighted by molar-refractivity contribution is 0.885. The summed E-state index contributed by atoms with van der Waals surface area (Å²) in [6.45, 7) is 4.00. The second-order valence-electron chi connectivity index (χ2n) is 5.58. The summed E-state index contributed by atoms with van der Waals surface area (Å²) in [5.74, 6) is 1.38. The largest absolute Gasteiger partial charge is 0.332 e. The van der Waals surface area contributed by atoms with Crippen molar-refractivity contribution in [2.45, 2.75) is 24.8 Å². The third-order valence-electron chi connectivity index (χ3n) is 3.59. The fourth-order valence-corrected chi connectivity index (χ4v) is 4.22. The molecule has 0 aliphatic carbocycles. The Morgan fingerprint density at radius 2 is 1.96 bits per heavy atom. The highest BCUT2D eigenvalue weighted by atomic mass is 32.2. The smallest absolute Gasteiger partial charge is 0.256 e. The van der Waals surface area contributed by atoms with Crippen molar-refractivity contribution in [1.29, 1.82) is 0 Å². The van der Waals surface area contributed by atoms with Crippen LogP contribution in [0.5, 0.6) is 0 Å². The number of aryl methyl sites for hydroxylation is 2. The van der Waals surface area contributed by atoms with Crippen molar-refractivity contribution in [3.05, 3.63) is 58.9 Å². The first-order chi connectivity index (χ1) is 12.2. The number of fused-ring (bicyclic) bond motifs is 1. The molecule has 0 saturated carbocycles. The second kappa shape index (κ2) is 6.81. The first-order valence-electron chi connectivity index (χ1n) is 7.78. The SMILES string of the molecule is Cc1cc(C)n2c(SCc3csc(Nc4ccccc4)n3)nnc2n1. The minimum Gasteiger partial charge on any atom is -0.332 e. The van der Waals surface area contributed by atoms with Crippen molar-refractivity contribution in [3.8, 4) is 0 Å². The third kappa shape index (κ3) is 3.49. The van der Waals surface area contributed by atoms with Crippen molar-refractivity contribution >= 4 is 39.7 Å². The fourth-order valence-electron chi connectivity index (χ4n) is 2.51. The Balaban J connectivity index is 1.47. The minimum absolute atomic E-state index is 0.643. The molecule has 0 saturated heterocycles. The van der Waals surface area contributed by atoms with Crippen LogP contribution >= 0.6 is 23.1 Å². The summed E-state index contributed by atoms with van der Waals surface area (Å²) in [4.78, 5) is 9.05. The molecule has 3 aromatic heterocycles. The van der Waals surface area contributed by atoms with Crippen LogP contribution in [0.25, 0.3) is 5.78 Å². The summed E-state index contributed by atoms with van der Waals surface area (Å²) >= 11 is 3.21. The van der Waals surface area contributed by atoms with Gasteiger partial charge in [-0.3, -0.25) is 4.40 Å². The third-order valence-corrected chi connectivity index (χ3v) is 5.36. The van der Waals surface area contributed by atoms with Gasteiger partial charge in [0.15, 0.2) is 10.3 Å². The van der Waals surface area contributed by atoms with Crippen LogP contribution in [0.3, 0.4) is 0 Å². The van der Waals surface area contributed by atoms with E-state index in [4.69, 9.17) is 0 Å². The molecule has 4 rings (SSSR count). The van der Waals surface area contributed by atoms with E-state index < -0.39 is 0 Å². The van der Waals surface area contributed by atoms with Crippen molar-refractivity contribution < 1.29 is 0 Å². The number of thioether (sulfide) groups is 1. The second-order valence-corrected chi connectivity index (χ2v) is 7.38. The number of benzene rings is 1. The van der Waals surface area contributed by atoms with E-state index in [0.717, 1.165) is 38.8 Å². The topological polar surface area (TPSA) is 68.0 Å². The quantitative estimate of drug-likeness (QED) is 0.532. The van der Waals surface area contributed by atoms with E-state index in [2.05, 4.69) is 30.9 Å².